The van der Waals surface area contributed by atoms with Crippen LogP contribution in [0.1, 0.15) is 12.5 Å². The molecule has 0 aliphatic carbocycles. The first-order chi connectivity index (χ1) is 10.0. The van der Waals surface area contributed by atoms with Gasteiger partial charge in [-0.05, 0) is 29.8 Å². The minimum atomic E-state index is -0.998. The fourth-order valence-electron chi connectivity index (χ4n) is 1.93. The topological polar surface area (TPSA) is 63.6 Å². The normalized spacial score (nSPS) is 11.4. The maximum atomic E-state index is 11.6. The standard InChI is InChI=1S/C16H13ClO4/c1-2-21-16(20)15(19)9-14(18)12-5-3-4-10-6-7-11(17)8-13(10)12/h3-9,18H,2H2,1H3/b14-9-. The first-order valence-electron chi connectivity index (χ1n) is 6.33. The van der Waals surface area contributed by atoms with Gasteiger partial charge in [0.15, 0.2) is 0 Å². The molecular formula is C16H13ClO4. The highest BCUT2D eigenvalue weighted by Crippen LogP contribution is 2.26. The largest absolute Gasteiger partial charge is 0.507 e. The van der Waals surface area contributed by atoms with Crippen molar-refractivity contribution >= 4 is 39.9 Å². The van der Waals surface area contributed by atoms with Crippen LogP contribution in [0.15, 0.2) is 42.5 Å². The number of halogens is 1. The second-order valence-electron chi connectivity index (χ2n) is 4.29. The Morgan fingerprint density at radius 1 is 1.29 bits per heavy atom. The Bertz CT molecular complexity index is 734. The van der Waals surface area contributed by atoms with E-state index in [-0.39, 0.29) is 12.4 Å². The van der Waals surface area contributed by atoms with Gasteiger partial charge in [-0.3, -0.25) is 4.79 Å². The Morgan fingerprint density at radius 3 is 2.76 bits per heavy atom. The first kappa shape index (κ1) is 15.1. The van der Waals surface area contributed by atoms with E-state index in [2.05, 4.69) is 4.74 Å². The van der Waals surface area contributed by atoms with E-state index in [0.29, 0.717) is 16.0 Å². The van der Waals surface area contributed by atoms with Crippen LogP contribution in [0, 0.1) is 0 Å². The Hall–Kier alpha value is -2.33. The van der Waals surface area contributed by atoms with Crippen molar-refractivity contribution in [1.29, 1.82) is 0 Å². The van der Waals surface area contributed by atoms with Crippen LogP contribution in [0.5, 0.6) is 0 Å². The molecule has 0 unspecified atom stereocenters. The van der Waals surface area contributed by atoms with E-state index < -0.39 is 11.8 Å². The van der Waals surface area contributed by atoms with Gasteiger partial charge in [-0.1, -0.05) is 35.9 Å². The Labute approximate surface area is 126 Å². The van der Waals surface area contributed by atoms with Crippen molar-refractivity contribution in [2.75, 3.05) is 6.61 Å². The third-order valence-corrected chi connectivity index (χ3v) is 3.10. The molecule has 0 atom stereocenters. The molecule has 0 amide bonds. The zero-order valence-electron chi connectivity index (χ0n) is 11.3. The summed E-state index contributed by atoms with van der Waals surface area (Å²) in [6.07, 6.45) is 0.855. The van der Waals surface area contributed by atoms with Gasteiger partial charge in [-0.25, -0.2) is 4.79 Å². The number of aliphatic hydroxyl groups excluding tert-OH is 1. The zero-order valence-corrected chi connectivity index (χ0v) is 12.1. The smallest absolute Gasteiger partial charge is 0.379 e. The van der Waals surface area contributed by atoms with E-state index in [4.69, 9.17) is 11.6 Å². The second kappa shape index (κ2) is 6.41. The van der Waals surface area contributed by atoms with Gasteiger partial charge >= 0.3 is 5.97 Å². The number of aliphatic hydroxyl groups is 1. The molecule has 5 heteroatoms. The number of rotatable bonds is 4. The van der Waals surface area contributed by atoms with Crippen LogP contribution in [0.4, 0.5) is 0 Å². The van der Waals surface area contributed by atoms with Crippen LogP contribution in [-0.4, -0.2) is 23.5 Å². The second-order valence-corrected chi connectivity index (χ2v) is 4.72. The molecule has 1 N–H and O–H groups in total. The van der Waals surface area contributed by atoms with E-state index in [1.807, 2.05) is 12.1 Å². The number of fused-ring (bicyclic) bond motifs is 1. The Morgan fingerprint density at radius 2 is 2.05 bits per heavy atom. The van der Waals surface area contributed by atoms with Crippen LogP contribution < -0.4 is 0 Å². The van der Waals surface area contributed by atoms with Gasteiger partial charge in [-0.15, -0.1) is 0 Å². The average molecular weight is 305 g/mol. The zero-order chi connectivity index (χ0) is 15.4. The van der Waals surface area contributed by atoms with Crippen molar-refractivity contribution in [3.8, 4) is 0 Å². The Balaban J connectivity index is 2.44. The van der Waals surface area contributed by atoms with Crippen LogP contribution in [0.2, 0.25) is 5.02 Å². The van der Waals surface area contributed by atoms with E-state index in [0.717, 1.165) is 11.5 Å². The molecule has 0 aliphatic heterocycles. The van der Waals surface area contributed by atoms with Gasteiger partial charge in [0, 0.05) is 16.7 Å². The lowest BCUT2D eigenvalue weighted by Crippen LogP contribution is -2.15. The van der Waals surface area contributed by atoms with Crippen molar-refractivity contribution in [2.24, 2.45) is 0 Å². The molecule has 0 fully saturated rings. The van der Waals surface area contributed by atoms with E-state index >= 15 is 0 Å². The number of ether oxygens (including phenoxy) is 1. The molecule has 0 heterocycles. The van der Waals surface area contributed by atoms with Gasteiger partial charge in [0.1, 0.15) is 5.76 Å². The number of carbonyl (C=O) groups is 2. The molecule has 0 aromatic heterocycles. The van der Waals surface area contributed by atoms with E-state index in [1.54, 1.807) is 31.2 Å². The van der Waals surface area contributed by atoms with Gasteiger partial charge in [0.05, 0.1) is 6.61 Å². The summed E-state index contributed by atoms with van der Waals surface area (Å²) in [6, 6.07) is 10.5. The summed E-state index contributed by atoms with van der Waals surface area (Å²) in [7, 11) is 0. The molecule has 2 aromatic rings. The molecule has 0 bridgehead atoms. The van der Waals surface area contributed by atoms with Crippen molar-refractivity contribution in [3.63, 3.8) is 0 Å². The quantitative estimate of drug-likeness (QED) is 0.406. The summed E-state index contributed by atoms with van der Waals surface area (Å²) in [6.45, 7) is 1.70. The third kappa shape index (κ3) is 3.41. The number of carbonyl (C=O) groups excluding carboxylic acids is 2. The van der Waals surface area contributed by atoms with Crippen molar-refractivity contribution in [1.82, 2.24) is 0 Å². The summed E-state index contributed by atoms with van der Waals surface area (Å²) in [4.78, 5) is 22.9. The van der Waals surface area contributed by atoms with Crippen molar-refractivity contribution in [3.05, 3.63) is 53.1 Å². The fraction of sp³-hybridized carbons (Fsp3) is 0.125. The SMILES string of the molecule is CCOC(=O)C(=O)/C=C(\O)c1cccc2ccc(Cl)cc12. The van der Waals surface area contributed by atoms with Crippen molar-refractivity contribution in [2.45, 2.75) is 6.92 Å². The minimum Gasteiger partial charge on any atom is -0.507 e. The highest BCUT2D eigenvalue weighted by Gasteiger charge is 2.15. The monoisotopic (exact) mass is 304 g/mol. The molecule has 0 aliphatic rings. The number of hydrogen-bond donors (Lipinski definition) is 1. The number of esters is 1. The highest BCUT2D eigenvalue weighted by atomic mass is 35.5. The average Bonchev–Trinajstić information content (AvgIpc) is 2.46. The molecule has 21 heavy (non-hydrogen) atoms. The summed E-state index contributed by atoms with van der Waals surface area (Å²) in [5.74, 6) is -2.21. The highest BCUT2D eigenvalue weighted by molar-refractivity contribution is 6.39. The summed E-state index contributed by atoms with van der Waals surface area (Å²) in [5.41, 5.74) is 0.424. The maximum Gasteiger partial charge on any atom is 0.379 e. The Kier molecular flexibility index (Phi) is 4.60. The predicted molar refractivity (Wildman–Crippen MR) is 81.2 cm³/mol. The van der Waals surface area contributed by atoms with Crippen LogP contribution in [0.3, 0.4) is 0 Å². The lowest BCUT2D eigenvalue weighted by atomic mass is 10.0. The maximum absolute atomic E-state index is 11.6. The summed E-state index contributed by atoms with van der Waals surface area (Å²) < 4.78 is 4.58. The van der Waals surface area contributed by atoms with Crippen LogP contribution in [-0.2, 0) is 14.3 Å². The van der Waals surface area contributed by atoms with Crippen molar-refractivity contribution < 1.29 is 19.4 Å². The van der Waals surface area contributed by atoms with Gasteiger partial charge in [0.25, 0.3) is 5.78 Å². The molecule has 0 radical (unpaired) electrons. The van der Waals surface area contributed by atoms with Crippen LogP contribution >= 0.6 is 11.6 Å². The molecule has 0 saturated heterocycles. The van der Waals surface area contributed by atoms with Gasteiger partial charge in [0.2, 0.25) is 0 Å². The molecular weight excluding hydrogens is 292 g/mol. The molecule has 2 rings (SSSR count). The molecule has 4 nitrogen and oxygen atoms in total. The predicted octanol–water partition coefficient (Wildman–Crippen LogP) is 3.52. The number of ketones is 1. The minimum absolute atomic E-state index is 0.100. The third-order valence-electron chi connectivity index (χ3n) is 2.86. The van der Waals surface area contributed by atoms with Gasteiger partial charge < -0.3 is 9.84 Å². The summed E-state index contributed by atoms with van der Waals surface area (Å²) >= 11 is 5.95. The first-order valence-corrected chi connectivity index (χ1v) is 6.71. The van der Waals surface area contributed by atoms with E-state index in [9.17, 15) is 14.7 Å². The summed E-state index contributed by atoms with van der Waals surface area (Å²) in [5, 5.41) is 12.2. The fourth-order valence-corrected chi connectivity index (χ4v) is 2.10. The lowest BCUT2D eigenvalue weighted by Gasteiger charge is -2.06. The number of hydrogen-bond acceptors (Lipinski definition) is 4. The molecule has 0 saturated carbocycles. The molecule has 108 valence electrons. The number of benzene rings is 2. The molecule has 2 aromatic carbocycles. The van der Waals surface area contributed by atoms with Gasteiger partial charge in [-0.2, -0.15) is 0 Å². The molecule has 0 spiro atoms. The van der Waals surface area contributed by atoms with Crippen LogP contribution in [0.25, 0.3) is 16.5 Å². The van der Waals surface area contributed by atoms with E-state index in [1.165, 1.54) is 0 Å². The lowest BCUT2D eigenvalue weighted by molar-refractivity contribution is -0.151.